The highest BCUT2D eigenvalue weighted by atomic mass is 32.1. The minimum Gasteiger partial charge on any atom is -0.249 e. The van der Waals surface area contributed by atoms with Gasteiger partial charge >= 0.3 is 0 Å². The molecule has 0 aliphatic heterocycles. The highest BCUT2D eigenvalue weighted by Gasteiger charge is 1.95. The number of rotatable bonds is 3. The molecule has 2 aromatic rings. The Morgan fingerprint density at radius 1 is 1.19 bits per heavy atom. The van der Waals surface area contributed by atoms with Crippen molar-refractivity contribution >= 4 is 23.5 Å². The predicted octanol–water partition coefficient (Wildman–Crippen LogP) is 4.18. The minimum absolute atomic E-state index is 1.10. The van der Waals surface area contributed by atoms with Crippen molar-refractivity contribution < 1.29 is 0 Å². The zero-order chi connectivity index (χ0) is 11.4. The zero-order valence-corrected chi connectivity index (χ0v) is 10.4. The molecule has 1 heterocycles. The van der Waals surface area contributed by atoms with Gasteiger partial charge in [0.15, 0.2) is 0 Å². The second kappa shape index (κ2) is 5.08. The van der Waals surface area contributed by atoms with Gasteiger partial charge in [0.25, 0.3) is 0 Å². The second-order valence-corrected chi connectivity index (χ2v) is 4.62. The summed E-state index contributed by atoms with van der Waals surface area (Å²) in [6, 6.07) is 8.68. The van der Waals surface area contributed by atoms with E-state index >= 15 is 0 Å². The van der Waals surface area contributed by atoms with Crippen LogP contribution in [0.2, 0.25) is 0 Å². The van der Waals surface area contributed by atoms with Gasteiger partial charge < -0.3 is 0 Å². The Balaban J connectivity index is 2.14. The van der Waals surface area contributed by atoms with Crippen LogP contribution in [0.5, 0.6) is 0 Å². The molecular weight excluding hydrogens is 214 g/mol. The van der Waals surface area contributed by atoms with E-state index in [2.05, 4.69) is 48.3 Å². The van der Waals surface area contributed by atoms with E-state index in [-0.39, 0.29) is 0 Å². The highest BCUT2D eigenvalue weighted by molar-refractivity contribution is 7.10. The lowest BCUT2D eigenvalue weighted by molar-refractivity contribution is 1.14. The molecule has 0 saturated carbocycles. The Kier molecular flexibility index (Phi) is 3.52. The second-order valence-electron chi connectivity index (χ2n) is 3.73. The molecule has 0 bridgehead atoms. The largest absolute Gasteiger partial charge is 0.249 e. The van der Waals surface area contributed by atoms with Crippen molar-refractivity contribution in [1.29, 1.82) is 0 Å². The van der Waals surface area contributed by atoms with Gasteiger partial charge in [-0.1, -0.05) is 37.3 Å². The van der Waals surface area contributed by atoms with E-state index in [0.717, 1.165) is 12.1 Å². The van der Waals surface area contributed by atoms with Crippen molar-refractivity contribution in [3.8, 4) is 0 Å². The van der Waals surface area contributed by atoms with Gasteiger partial charge in [-0.3, -0.25) is 0 Å². The molecular formula is C14H15NS. The third-order valence-electron chi connectivity index (χ3n) is 2.60. The average Bonchev–Trinajstić information content (AvgIpc) is 2.73. The molecule has 0 saturated heterocycles. The maximum atomic E-state index is 4.22. The van der Waals surface area contributed by atoms with Crippen LogP contribution in [0.15, 0.2) is 29.8 Å². The number of hydrogen-bond acceptors (Lipinski definition) is 2. The smallest absolute Gasteiger partial charge is 0.0801 e. The van der Waals surface area contributed by atoms with Gasteiger partial charge in [0.1, 0.15) is 0 Å². The monoisotopic (exact) mass is 229 g/mol. The molecule has 1 aromatic carbocycles. The number of thiazole rings is 1. The summed E-state index contributed by atoms with van der Waals surface area (Å²) >= 11 is 1.68. The Hall–Kier alpha value is -1.41. The van der Waals surface area contributed by atoms with Crippen LogP contribution in [0.25, 0.3) is 12.2 Å². The first kappa shape index (κ1) is 11.1. The lowest BCUT2D eigenvalue weighted by Gasteiger charge is -1.97. The molecule has 0 atom stereocenters. The molecule has 0 amide bonds. The summed E-state index contributed by atoms with van der Waals surface area (Å²) in [5.41, 5.74) is 5.61. The van der Waals surface area contributed by atoms with Crippen molar-refractivity contribution in [2.75, 3.05) is 0 Å². The number of benzene rings is 1. The van der Waals surface area contributed by atoms with Crippen molar-refractivity contribution in [2.45, 2.75) is 20.3 Å². The van der Waals surface area contributed by atoms with Crippen molar-refractivity contribution in [3.63, 3.8) is 0 Å². The molecule has 1 nitrogen and oxygen atoms in total. The first-order chi connectivity index (χ1) is 7.79. The number of nitrogens with zero attached hydrogens (tertiary/aromatic N) is 1. The molecule has 0 N–H and O–H groups in total. The van der Waals surface area contributed by atoms with E-state index in [4.69, 9.17) is 0 Å². The van der Waals surface area contributed by atoms with E-state index in [1.165, 1.54) is 16.0 Å². The molecule has 2 rings (SSSR count). The SMILES string of the molecule is CCc1ccc(/C=C/c2scnc2C)cc1. The van der Waals surface area contributed by atoms with Crippen LogP contribution in [0, 0.1) is 6.92 Å². The third-order valence-corrected chi connectivity index (χ3v) is 3.49. The fourth-order valence-corrected chi connectivity index (χ4v) is 2.20. The van der Waals surface area contributed by atoms with Crippen molar-refractivity contribution in [1.82, 2.24) is 4.98 Å². The van der Waals surface area contributed by atoms with Crippen LogP contribution in [0.3, 0.4) is 0 Å². The van der Waals surface area contributed by atoms with Gasteiger partial charge in [-0.2, -0.15) is 0 Å². The number of aryl methyl sites for hydroxylation is 2. The van der Waals surface area contributed by atoms with Crippen LogP contribution in [0.1, 0.15) is 28.6 Å². The third kappa shape index (κ3) is 2.58. The summed E-state index contributed by atoms with van der Waals surface area (Å²) in [4.78, 5) is 5.46. The van der Waals surface area contributed by atoms with Crippen LogP contribution in [0.4, 0.5) is 0 Å². The quantitative estimate of drug-likeness (QED) is 0.769. The fourth-order valence-electron chi connectivity index (χ4n) is 1.51. The fraction of sp³-hybridized carbons (Fsp3) is 0.214. The first-order valence-electron chi connectivity index (χ1n) is 5.46. The summed E-state index contributed by atoms with van der Waals surface area (Å²) in [6.07, 6.45) is 5.37. The normalized spacial score (nSPS) is 11.1. The van der Waals surface area contributed by atoms with E-state index in [1.54, 1.807) is 11.3 Å². The van der Waals surface area contributed by atoms with Gasteiger partial charge in [-0.15, -0.1) is 11.3 Å². The van der Waals surface area contributed by atoms with Gasteiger partial charge in [0.2, 0.25) is 0 Å². The van der Waals surface area contributed by atoms with Crippen molar-refractivity contribution in [2.24, 2.45) is 0 Å². The molecule has 0 aliphatic rings. The zero-order valence-electron chi connectivity index (χ0n) is 9.60. The molecule has 0 fully saturated rings. The molecule has 0 spiro atoms. The average molecular weight is 229 g/mol. The maximum Gasteiger partial charge on any atom is 0.0801 e. The van der Waals surface area contributed by atoms with Crippen LogP contribution in [-0.4, -0.2) is 4.98 Å². The van der Waals surface area contributed by atoms with Crippen LogP contribution in [-0.2, 0) is 6.42 Å². The topological polar surface area (TPSA) is 12.9 Å². The standard InChI is InChI=1S/C14H15NS/c1-3-12-4-6-13(7-5-12)8-9-14-11(2)15-10-16-14/h4-10H,3H2,1-2H3/b9-8+. The highest BCUT2D eigenvalue weighted by Crippen LogP contribution is 2.16. The summed E-state index contributed by atoms with van der Waals surface area (Å²) in [5, 5.41) is 0. The van der Waals surface area contributed by atoms with E-state index in [9.17, 15) is 0 Å². The molecule has 1 aromatic heterocycles. The van der Waals surface area contributed by atoms with E-state index < -0.39 is 0 Å². The molecule has 0 aliphatic carbocycles. The van der Waals surface area contributed by atoms with Gasteiger partial charge in [0, 0.05) is 4.88 Å². The van der Waals surface area contributed by atoms with Gasteiger partial charge in [-0.05, 0) is 30.5 Å². The summed E-state index contributed by atoms with van der Waals surface area (Å²) < 4.78 is 0. The predicted molar refractivity (Wildman–Crippen MR) is 71.6 cm³/mol. The van der Waals surface area contributed by atoms with Gasteiger partial charge in [-0.25, -0.2) is 4.98 Å². The summed E-state index contributed by atoms with van der Waals surface area (Å²) in [6.45, 7) is 4.21. The van der Waals surface area contributed by atoms with Gasteiger partial charge in [0.05, 0.1) is 11.2 Å². The van der Waals surface area contributed by atoms with Crippen molar-refractivity contribution in [3.05, 3.63) is 51.5 Å². The lowest BCUT2D eigenvalue weighted by atomic mass is 10.1. The number of aromatic nitrogens is 1. The summed E-state index contributed by atoms with van der Waals surface area (Å²) in [5.74, 6) is 0. The molecule has 2 heteroatoms. The molecule has 16 heavy (non-hydrogen) atoms. The van der Waals surface area contributed by atoms with Crippen LogP contribution < -0.4 is 0 Å². The Bertz CT molecular complexity index is 480. The maximum absolute atomic E-state index is 4.22. The Morgan fingerprint density at radius 2 is 1.94 bits per heavy atom. The Labute approximate surface area is 100 Å². The number of hydrogen-bond donors (Lipinski definition) is 0. The first-order valence-corrected chi connectivity index (χ1v) is 6.34. The summed E-state index contributed by atoms with van der Waals surface area (Å²) in [7, 11) is 0. The molecule has 0 unspecified atom stereocenters. The molecule has 82 valence electrons. The Morgan fingerprint density at radius 3 is 2.50 bits per heavy atom. The van der Waals surface area contributed by atoms with E-state index in [1.807, 2.05) is 12.4 Å². The minimum atomic E-state index is 1.10. The van der Waals surface area contributed by atoms with Crippen LogP contribution >= 0.6 is 11.3 Å². The van der Waals surface area contributed by atoms with E-state index in [0.29, 0.717) is 0 Å². The lowest BCUT2D eigenvalue weighted by Crippen LogP contribution is -1.79. The molecule has 0 radical (unpaired) electrons.